The smallest absolute Gasteiger partial charge is 0.338 e. The third kappa shape index (κ3) is 4.66. The molecule has 144 valence electrons. The number of carbonyl (C=O) groups is 1. The van der Waals surface area contributed by atoms with Crippen molar-refractivity contribution in [2.75, 3.05) is 4.72 Å². The second-order valence-electron chi connectivity index (χ2n) is 5.85. The molecule has 8 heteroatoms. The number of benzene rings is 3. The molecule has 0 unspecified atom stereocenters. The zero-order valence-electron chi connectivity index (χ0n) is 14.5. The molecule has 0 spiro atoms. The summed E-state index contributed by atoms with van der Waals surface area (Å²) in [6, 6.07) is 18.4. The van der Waals surface area contributed by atoms with E-state index in [1.807, 2.05) is 30.3 Å². The van der Waals surface area contributed by atoms with Crippen molar-refractivity contribution >= 4 is 21.7 Å². The minimum absolute atomic E-state index is 0.258. The number of sulfonamides is 1. The molecule has 0 aliphatic rings. The molecule has 0 amide bonds. The van der Waals surface area contributed by atoms with Gasteiger partial charge in [-0.05, 0) is 48.0 Å². The lowest BCUT2D eigenvalue weighted by molar-refractivity contribution is 0.0691. The highest BCUT2D eigenvalue weighted by Gasteiger charge is 2.19. The van der Waals surface area contributed by atoms with Crippen LogP contribution in [0.3, 0.4) is 0 Å². The zero-order valence-corrected chi connectivity index (χ0v) is 15.3. The molecule has 0 saturated carbocycles. The maximum Gasteiger partial charge on any atom is 0.338 e. The molecule has 6 nitrogen and oxygen atoms in total. The van der Waals surface area contributed by atoms with Gasteiger partial charge >= 0.3 is 5.97 Å². The molecule has 0 fully saturated rings. The van der Waals surface area contributed by atoms with E-state index in [-0.39, 0.29) is 10.6 Å². The summed E-state index contributed by atoms with van der Waals surface area (Å²) in [4.78, 5) is 10.6. The van der Waals surface area contributed by atoms with Gasteiger partial charge in [0.15, 0.2) is 0 Å². The lowest BCUT2D eigenvalue weighted by Crippen LogP contribution is -2.14. The highest BCUT2D eigenvalue weighted by molar-refractivity contribution is 7.92. The van der Waals surface area contributed by atoms with E-state index >= 15 is 0 Å². The van der Waals surface area contributed by atoms with Gasteiger partial charge in [-0.15, -0.1) is 0 Å². The second kappa shape index (κ2) is 8.10. The first-order chi connectivity index (χ1) is 13.3. The maximum atomic E-state index is 13.5. The Bertz CT molecular complexity index is 1080. The third-order valence-corrected chi connectivity index (χ3v) is 5.21. The van der Waals surface area contributed by atoms with Crippen LogP contribution in [0.25, 0.3) is 0 Å². The zero-order chi connectivity index (χ0) is 20.1. The van der Waals surface area contributed by atoms with Crippen LogP contribution in [0, 0.1) is 5.82 Å². The van der Waals surface area contributed by atoms with Gasteiger partial charge in [0.25, 0.3) is 10.0 Å². The molecule has 0 aliphatic carbocycles. The Morgan fingerprint density at radius 1 is 1.00 bits per heavy atom. The second-order valence-corrected chi connectivity index (χ2v) is 7.53. The van der Waals surface area contributed by atoms with Gasteiger partial charge in [0.05, 0.1) is 10.5 Å². The molecule has 0 bridgehead atoms. The predicted molar refractivity (Wildman–Crippen MR) is 101 cm³/mol. The number of halogens is 1. The summed E-state index contributed by atoms with van der Waals surface area (Å²) in [5.74, 6) is -2.00. The topological polar surface area (TPSA) is 92.7 Å². The van der Waals surface area contributed by atoms with Crippen molar-refractivity contribution in [3.05, 3.63) is 89.7 Å². The molecular formula is C20H16FNO5S. The number of carboxylic acid groups (broad SMARTS) is 1. The summed E-state index contributed by atoms with van der Waals surface area (Å²) in [7, 11) is -4.08. The molecule has 3 aromatic rings. The van der Waals surface area contributed by atoms with Crippen LogP contribution in [0.15, 0.2) is 77.7 Å². The van der Waals surface area contributed by atoms with Crippen molar-refractivity contribution in [1.82, 2.24) is 0 Å². The van der Waals surface area contributed by atoms with Crippen LogP contribution in [-0.2, 0) is 16.6 Å². The van der Waals surface area contributed by atoms with Gasteiger partial charge < -0.3 is 9.84 Å². The Hall–Kier alpha value is -3.39. The molecule has 0 saturated heterocycles. The largest absolute Gasteiger partial charge is 0.489 e. The van der Waals surface area contributed by atoms with Crippen LogP contribution in [-0.4, -0.2) is 19.5 Å². The van der Waals surface area contributed by atoms with Crippen LogP contribution in [0.1, 0.15) is 15.9 Å². The van der Waals surface area contributed by atoms with E-state index in [0.29, 0.717) is 12.4 Å². The van der Waals surface area contributed by atoms with E-state index in [0.717, 1.165) is 23.8 Å². The number of hydrogen-bond donors (Lipinski definition) is 2. The van der Waals surface area contributed by atoms with Gasteiger partial charge in [0.1, 0.15) is 18.2 Å². The van der Waals surface area contributed by atoms with Crippen LogP contribution < -0.4 is 9.46 Å². The number of nitrogens with one attached hydrogen (secondary N) is 1. The monoisotopic (exact) mass is 401 g/mol. The maximum absolute atomic E-state index is 13.5. The van der Waals surface area contributed by atoms with Crippen LogP contribution in [0.4, 0.5) is 10.1 Å². The molecular weight excluding hydrogens is 385 g/mol. The van der Waals surface area contributed by atoms with Crippen LogP contribution >= 0.6 is 0 Å². The Morgan fingerprint density at radius 2 is 1.68 bits per heavy atom. The fraction of sp³-hybridized carbons (Fsp3) is 0.0500. The minimum Gasteiger partial charge on any atom is -0.489 e. The fourth-order valence-electron chi connectivity index (χ4n) is 2.41. The van der Waals surface area contributed by atoms with Crippen molar-refractivity contribution in [2.45, 2.75) is 11.5 Å². The van der Waals surface area contributed by atoms with Gasteiger partial charge in [0.2, 0.25) is 0 Å². The van der Waals surface area contributed by atoms with Gasteiger partial charge in [-0.2, -0.15) is 0 Å². The first-order valence-electron chi connectivity index (χ1n) is 8.17. The summed E-state index contributed by atoms with van der Waals surface area (Å²) in [5, 5.41) is 8.94. The minimum atomic E-state index is -4.08. The molecule has 0 aliphatic heterocycles. The van der Waals surface area contributed by atoms with Gasteiger partial charge in [0, 0.05) is 5.69 Å². The van der Waals surface area contributed by atoms with Crippen molar-refractivity contribution in [3.8, 4) is 5.75 Å². The highest BCUT2D eigenvalue weighted by Crippen LogP contribution is 2.22. The van der Waals surface area contributed by atoms with E-state index in [4.69, 9.17) is 9.84 Å². The van der Waals surface area contributed by atoms with Crippen LogP contribution in [0.2, 0.25) is 0 Å². The van der Waals surface area contributed by atoms with Crippen molar-refractivity contribution in [2.24, 2.45) is 0 Å². The molecule has 0 atom stereocenters. The predicted octanol–water partition coefficient (Wildman–Crippen LogP) is 3.90. The SMILES string of the molecule is O=C(O)c1cc(S(=O)(=O)Nc2ccc(OCc3ccccc3)cc2)ccc1F. The molecule has 0 radical (unpaired) electrons. The van der Waals surface area contributed by atoms with E-state index in [2.05, 4.69) is 4.72 Å². The van der Waals surface area contributed by atoms with Crippen molar-refractivity contribution < 1.29 is 27.4 Å². The van der Waals surface area contributed by atoms with Crippen molar-refractivity contribution in [3.63, 3.8) is 0 Å². The van der Waals surface area contributed by atoms with Gasteiger partial charge in [-0.3, -0.25) is 4.72 Å². The number of anilines is 1. The normalized spacial score (nSPS) is 11.0. The Labute approximate surface area is 161 Å². The molecule has 2 N–H and O–H groups in total. The summed E-state index contributed by atoms with van der Waals surface area (Å²) < 4.78 is 46.3. The standard InChI is InChI=1S/C20H16FNO5S/c21-19-11-10-17(12-18(19)20(23)24)28(25,26)22-15-6-8-16(9-7-15)27-13-14-4-2-1-3-5-14/h1-12,22H,13H2,(H,23,24). The van der Waals surface area contributed by atoms with Gasteiger partial charge in [-0.25, -0.2) is 17.6 Å². The van der Waals surface area contributed by atoms with E-state index in [1.54, 1.807) is 12.1 Å². The summed E-state index contributed by atoms with van der Waals surface area (Å²) in [6.07, 6.45) is 0. The number of ether oxygens (including phenoxy) is 1. The first-order valence-corrected chi connectivity index (χ1v) is 9.66. The molecule has 0 aromatic heterocycles. The van der Waals surface area contributed by atoms with E-state index in [9.17, 15) is 17.6 Å². The molecule has 3 aromatic carbocycles. The summed E-state index contributed by atoms with van der Waals surface area (Å²) >= 11 is 0. The first kappa shape index (κ1) is 19.4. The number of carboxylic acids is 1. The lowest BCUT2D eigenvalue weighted by Gasteiger charge is -2.10. The average Bonchev–Trinajstić information content (AvgIpc) is 2.68. The quantitative estimate of drug-likeness (QED) is 0.626. The molecule has 28 heavy (non-hydrogen) atoms. The number of hydrogen-bond acceptors (Lipinski definition) is 4. The fourth-order valence-corrected chi connectivity index (χ4v) is 3.49. The summed E-state index contributed by atoms with van der Waals surface area (Å²) in [5.41, 5.74) is 0.540. The Balaban J connectivity index is 1.71. The van der Waals surface area contributed by atoms with Crippen molar-refractivity contribution in [1.29, 1.82) is 0 Å². The lowest BCUT2D eigenvalue weighted by atomic mass is 10.2. The van der Waals surface area contributed by atoms with E-state index < -0.39 is 27.4 Å². The number of rotatable bonds is 7. The van der Waals surface area contributed by atoms with Gasteiger partial charge in [-0.1, -0.05) is 30.3 Å². The van der Waals surface area contributed by atoms with E-state index in [1.165, 1.54) is 12.1 Å². The van der Waals surface area contributed by atoms with Crippen LogP contribution in [0.5, 0.6) is 5.75 Å². The Kier molecular flexibility index (Phi) is 5.60. The third-order valence-electron chi connectivity index (χ3n) is 3.83. The number of aromatic carboxylic acids is 1. The average molecular weight is 401 g/mol. The molecule has 3 rings (SSSR count). The highest BCUT2D eigenvalue weighted by atomic mass is 32.2. The molecule has 0 heterocycles. The Morgan fingerprint density at radius 3 is 2.32 bits per heavy atom. The summed E-state index contributed by atoms with van der Waals surface area (Å²) in [6.45, 7) is 0.374.